The summed E-state index contributed by atoms with van der Waals surface area (Å²) < 4.78 is 7.75. The summed E-state index contributed by atoms with van der Waals surface area (Å²) in [5.74, 6) is 0.102. The van der Waals surface area contributed by atoms with Gasteiger partial charge in [0, 0.05) is 18.1 Å². The Morgan fingerprint density at radius 1 is 1.32 bits per heavy atom. The van der Waals surface area contributed by atoms with E-state index < -0.39 is 0 Å². The standard InChI is InChI=1S/C15H16N2O2/c18-14-5-6-19-8-12(14)15-11-4-2-1-3-10(11)13-7-16-9-17(13)15/h1-4,7,9,12,14-15,18H,5-6,8H2/t12-,14-,15-/m0/s1. The molecule has 4 nitrogen and oxygen atoms in total. The SMILES string of the molecule is O[C@H]1CCOC[C@@H]1[C@@H]1c2ccccc2-c2cncn21. The number of benzene rings is 1. The fourth-order valence-corrected chi connectivity index (χ4v) is 3.36. The highest BCUT2D eigenvalue weighted by Gasteiger charge is 2.39. The second-order valence-corrected chi connectivity index (χ2v) is 5.31. The molecule has 0 bridgehead atoms. The van der Waals surface area contributed by atoms with Gasteiger partial charge in [-0.25, -0.2) is 4.98 Å². The van der Waals surface area contributed by atoms with Crippen molar-refractivity contribution in [3.63, 3.8) is 0 Å². The zero-order valence-electron chi connectivity index (χ0n) is 10.6. The maximum atomic E-state index is 10.3. The molecular weight excluding hydrogens is 240 g/mol. The smallest absolute Gasteiger partial charge is 0.0956 e. The number of aromatic nitrogens is 2. The van der Waals surface area contributed by atoms with E-state index in [4.69, 9.17) is 4.74 Å². The minimum Gasteiger partial charge on any atom is -0.393 e. The molecule has 3 atom stereocenters. The highest BCUT2D eigenvalue weighted by Crippen LogP contribution is 2.44. The topological polar surface area (TPSA) is 47.3 Å². The average Bonchev–Trinajstić information content (AvgIpc) is 3.00. The zero-order valence-corrected chi connectivity index (χ0v) is 10.6. The minimum atomic E-state index is -0.305. The van der Waals surface area contributed by atoms with Crippen LogP contribution in [0.3, 0.4) is 0 Å². The molecule has 0 amide bonds. The lowest BCUT2D eigenvalue weighted by atomic mass is 9.86. The van der Waals surface area contributed by atoms with Crippen molar-refractivity contribution in [3.05, 3.63) is 42.4 Å². The van der Waals surface area contributed by atoms with Crippen LogP contribution in [0.4, 0.5) is 0 Å². The monoisotopic (exact) mass is 256 g/mol. The van der Waals surface area contributed by atoms with Crippen molar-refractivity contribution in [2.75, 3.05) is 13.2 Å². The van der Waals surface area contributed by atoms with Crippen molar-refractivity contribution in [2.45, 2.75) is 18.6 Å². The van der Waals surface area contributed by atoms with Crippen molar-refractivity contribution in [1.29, 1.82) is 0 Å². The van der Waals surface area contributed by atoms with Gasteiger partial charge in [0.25, 0.3) is 0 Å². The molecule has 1 aromatic carbocycles. The Morgan fingerprint density at radius 3 is 3.11 bits per heavy atom. The molecule has 4 heteroatoms. The molecule has 1 aromatic heterocycles. The number of ether oxygens (including phenoxy) is 1. The van der Waals surface area contributed by atoms with Gasteiger partial charge in [-0.3, -0.25) is 0 Å². The average molecular weight is 256 g/mol. The summed E-state index contributed by atoms with van der Waals surface area (Å²) in [4.78, 5) is 4.25. The maximum absolute atomic E-state index is 10.3. The molecule has 4 rings (SSSR count). The van der Waals surface area contributed by atoms with Crippen LogP contribution in [0.2, 0.25) is 0 Å². The van der Waals surface area contributed by atoms with Crippen LogP contribution in [-0.4, -0.2) is 34.0 Å². The van der Waals surface area contributed by atoms with Crippen molar-refractivity contribution < 1.29 is 9.84 Å². The number of fused-ring (bicyclic) bond motifs is 3. The summed E-state index contributed by atoms with van der Waals surface area (Å²) >= 11 is 0. The molecule has 1 saturated heterocycles. The van der Waals surface area contributed by atoms with Gasteiger partial charge in [-0.05, 0) is 12.0 Å². The molecule has 0 saturated carbocycles. The molecule has 2 aromatic rings. The number of hydrogen-bond acceptors (Lipinski definition) is 3. The van der Waals surface area contributed by atoms with Gasteiger partial charge >= 0.3 is 0 Å². The lowest BCUT2D eigenvalue weighted by Gasteiger charge is -2.33. The fraction of sp³-hybridized carbons (Fsp3) is 0.400. The highest BCUT2D eigenvalue weighted by molar-refractivity contribution is 5.69. The first kappa shape index (κ1) is 11.2. The van der Waals surface area contributed by atoms with Gasteiger partial charge in [-0.2, -0.15) is 0 Å². The number of rotatable bonds is 1. The van der Waals surface area contributed by atoms with Crippen molar-refractivity contribution in [3.8, 4) is 11.3 Å². The summed E-state index contributed by atoms with van der Waals surface area (Å²) in [6.45, 7) is 1.26. The predicted molar refractivity (Wildman–Crippen MR) is 70.7 cm³/mol. The normalized spacial score (nSPS) is 29.0. The molecule has 0 radical (unpaired) electrons. The summed E-state index contributed by atoms with van der Waals surface area (Å²) in [7, 11) is 0. The summed E-state index contributed by atoms with van der Waals surface area (Å²) in [6.07, 6.45) is 4.17. The predicted octanol–water partition coefficient (Wildman–Crippen LogP) is 1.85. The largest absolute Gasteiger partial charge is 0.393 e. The van der Waals surface area contributed by atoms with E-state index in [-0.39, 0.29) is 18.1 Å². The Balaban J connectivity index is 1.84. The third-order valence-electron chi connectivity index (χ3n) is 4.29. The van der Waals surface area contributed by atoms with Crippen LogP contribution in [0.25, 0.3) is 11.3 Å². The quantitative estimate of drug-likeness (QED) is 0.847. The maximum Gasteiger partial charge on any atom is 0.0956 e. The van der Waals surface area contributed by atoms with Gasteiger partial charge < -0.3 is 14.4 Å². The number of nitrogens with zero attached hydrogens (tertiary/aromatic N) is 2. The Morgan fingerprint density at radius 2 is 2.21 bits per heavy atom. The van der Waals surface area contributed by atoms with E-state index in [0.29, 0.717) is 19.6 Å². The Bertz CT molecular complexity index is 608. The molecule has 3 heterocycles. The van der Waals surface area contributed by atoms with Crippen LogP contribution >= 0.6 is 0 Å². The first-order valence-electron chi connectivity index (χ1n) is 6.73. The van der Waals surface area contributed by atoms with Crippen LogP contribution < -0.4 is 0 Å². The van der Waals surface area contributed by atoms with Crippen LogP contribution in [0.5, 0.6) is 0 Å². The Kier molecular flexibility index (Phi) is 2.47. The van der Waals surface area contributed by atoms with Crippen molar-refractivity contribution in [2.24, 2.45) is 5.92 Å². The Labute approximate surface area is 111 Å². The lowest BCUT2D eigenvalue weighted by Crippen LogP contribution is -2.37. The van der Waals surface area contributed by atoms with Gasteiger partial charge in [-0.15, -0.1) is 0 Å². The summed E-state index contributed by atoms with van der Waals surface area (Å²) in [5, 5.41) is 10.3. The first-order valence-corrected chi connectivity index (χ1v) is 6.73. The van der Waals surface area contributed by atoms with E-state index in [1.54, 1.807) is 0 Å². The van der Waals surface area contributed by atoms with Gasteiger partial charge in [0.2, 0.25) is 0 Å². The molecule has 0 aliphatic carbocycles. The third-order valence-corrected chi connectivity index (χ3v) is 4.29. The summed E-state index contributed by atoms with van der Waals surface area (Å²) in [6, 6.07) is 8.52. The van der Waals surface area contributed by atoms with E-state index in [2.05, 4.69) is 27.8 Å². The molecule has 1 N–H and O–H groups in total. The molecule has 2 aliphatic heterocycles. The van der Waals surface area contributed by atoms with Crippen molar-refractivity contribution in [1.82, 2.24) is 9.55 Å². The van der Waals surface area contributed by atoms with E-state index in [1.807, 2.05) is 18.6 Å². The molecular formula is C15H16N2O2. The zero-order chi connectivity index (χ0) is 12.8. The van der Waals surface area contributed by atoms with Gasteiger partial charge in [-0.1, -0.05) is 24.3 Å². The second-order valence-electron chi connectivity index (χ2n) is 5.31. The van der Waals surface area contributed by atoms with E-state index in [9.17, 15) is 5.11 Å². The number of aliphatic hydroxyl groups is 1. The molecule has 0 spiro atoms. The third kappa shape index (κ3) is 1.57. The molecule has 98 valence electrons. The first-order chi connectivity index (χ1) is 9.36. The Hall–Kier alpha value is -1.65. The molecule has 0 unspecified atom stereocenters. The fourth-order valence-electron chi connectivity index (χ4n) is 3.36. The minimum absolute atomic E-state index is 0.102. The van der Waals surface area contributed by atoms with Crippen LogP contribution in [0.15, 0.2) is 36.8 Å². The second kappa shape index (κ2) is 4.18. The number of hydrogen-bond donors (Lipinski definition) is 1. The highest BCUT2D eigenvalue weighted by atomic mass is 16.5. The van der Waals surface area contributed by atoms with Crippen LogP contribution in [0.1, 0.15) is 18.0 Å². The van der Waals surface area contributed by atoms with E-state index in [0.717, 1.165) is 5.69 Å². The lowest BCUT2D eigenvalue weighted by molar-refractivity contribution is -0.0481. The van der Waals surface area contributed by atoms with Crippen LogP contribution in [-0.2, 0) is 4.74 Å². The van der Waals surface area contributed by atoms with E-state index in [1.165, 1.54) is 11.1 Å². The summed E-state index contributed by atoms with van der Waals surface area (Å²) in [5.41, 5.74) is 3.63. The number of imidazole rings is 1. The van der Waals surface area contributed by atoms with Gasteiger partial charge in [0.05, 0.1) is 37.0 Å². The van der Waals surface area contributed by atoms with Gasteiger partial charge in [0.1, 0.15) is 0 Å². The van der Waals surface area contributed by atoms with Crippen molar-refractivity contribution >= 4 is 0 Å². The number of aliphatic hydroxyl groups excluding tert-OH is 1. The molecule has 1 fully saturated rings. The van der Waals surface area contributed by atoms with E-state index >= 15 is 0 Å². The van der Waals surface area contributed by atoms with Gasteiger partial charge in [0.15, 0.2) is 0 Å². The molecule has 19 heavy (non-hydrogen) atoms. The molecule has 2 aliphatic rings. The van der Waals surface area contributed by atoms with Crippen LogP contribution in [0, 0.1) is 5.92 Å².